The van der Waals surface area contributed by atoms with Crippen LogP contribution in [0.3, 0.4) is 0 Å². The lowest BCUT2D eigenvalue weighted by Crippen LogP contribution is -2.36. The molecular formula is C13H12O4. The summed E-state index contributed by atoms with van der Waals surface area (Å²) in [6.45, 7) is 0. The molecule has 1 saturated heterocycles. The molecule has 1 aromatic rings. The Morgan fingerprint density at radius 2 is 1.94 bits per heavy atom. The first-order valence-electron chi connectivity index (χ1n) is 5.53. The summed E-state index contributed by atoms with van der Waals surface area (Å²) in [4.78, 5) is 11.1. The van der Waals surface area contributed by atoms with E-state index in [0.717, 1.165) is 5.56 Å². The van der Waals surface area contributed by atoms with Crippen molar-refractivity contribution in [1.82, 2.24) is 0 Å². The third-order valence-electron chi connectivity index (χ3n) is 3.08. The van der Waals surface area contributed by atoms with Crippen molar-refractivity contribution in [2.45, 2.75) is 24.4 Å². The standard InChI is InChI=1S/C13H12O4/c14-10-7-6-9-13(17-10)11(15)12(16-9)8-4-2-1-3-5-8/h1-7,9,11-13,15H/t9-,11-,12+,13+/m0/s1. The molecule has 0 aliphatic carbocycles. The highest BCUT2D eigenvalue weighted by atomic mass is 16.6. The summed E-state index contributed by atoms with van der Waals surface area (Å²) in [5, 5.41) is 10.1. The molecule has 1 fully saturated rings. The maximum Gasteiger partial charge on any atom is 0.330 e. The molecule has 4 heteroatoms. The zero-order valence-electron chi connectivity index (χ0n) is 9.02. The van der Waals surface area contributed by atoms with Crippen molar-refractivity contribution < 1.29 is 19.4 Å². The molecule has 1 aromatic carbocycles. The van der Waals surface area contributed by atoms with E-state index in [4.69, 9.17) is 9.47 Å². The summed E-state index contributed by atoms with van der Waals surface area (Å²) in [6.07, 6.45) is 0.757. The fourth-order valence-electron chi connectivity index (χ4n) is 2.25. The minimum Gasteiger partial charge on any atom is -0.453 e. The van der Waals surface area contributed by atoms with E-state index in [9.17, 15) is 9.90 Å². The third-order valence-corrected chi connectivity index (χ3v) is 3.08. The Labute approximate surface area is 98.5 Å². The molecule has 0 radical (unpaired) electrons. The smallest absolute Gasteiger partial charge is 0.330 e. The van der Waals surface area contributed by atoms with Crippen molar-refractivity contribution in [2.24, 2.45) is 0 Å². The van der Waals surface area contributed by atoms with Crippen LogP contribution in [0.1, 0.15) is 11.7 Å². The molecule has 1 N–H and O–H groups in total. The van der Waals surface area contributed by atoms with Gasteiger partial charge in [0.15, 0.2) is 6.10 Å². The van der Waals surface area contributed by atoms with E-state index >= 15 is 0 Å². The normalized spacial score (nSPS) is 35.5. The molecular weight excluding hydrogens is 220 g/mol. The highest BCUT2D eigenvalue weighted by Gasteiger charge is 2.46. The topological polar surface area (TPSA) is 55.8 Å². The fourth-order valence-corrected chi connectivity index (χ4v) is 2.25. The molecule has 2 heterocycles. The van der Waals surface area contributed by atoms with E-state index < -0.39 is 24.3 Å². The van der Waals surface area contributed by atoms with E-state index in [0.29, 0.717) is 0 Å². The van der Waals surface area contributed by atoms with Crippen LogP contribution in [0.4, 0.5) is 0 Å². The van der Waals surface area contributed by atoms with Crippen LogP contribution in [0.5, 0.6) is 0 Å². The van der Waals surface area contributed by atoms with E-state index in [2.05, 4.69) is 0 Å². The van der Waals surface area contributed by atoms with Gasteiger partial charge in [0.25, 0.3) is 0 Å². The number of fused-ring (bicyclic) bond motifs is 1. The molecule has 0 unspecified atom stereocenters. The molecule has 2 aliphatic rings. The molecule has 17 heavy (non-hydrogen) atoms. The largest absolute Gasteiger partial charge is 0.453 e. The van der Waals surface area contributed by atoms with Gasteiger partial charge in [0.2, 0.25) is 0 Å². The number of esters is 1. The Hall–Kier alpha value is -1.65. The molecule has 0 aromatic heterocycles. The van der Waals surface area contributed by atoms with E-state index in [1.807, 2.05) is 30.3 Å². The monoisotopic (exact) mass is 232 g/mol. The number of aliphatic hydroxyl groups is 1. The van der Waals surface area contributed by atoms with Gasteiger partial charge in [0.1, 0.15) is 18.3 Å². The second-order valence-electron chi connectivity index (χ2n) is 4.18. The average Bonchev–Trinajstić information content (AvgIpc) is 2.68. The summed E-state index contributed by atoms with van der Waals surface area (Å²) in [6, 6.07) is 9.44. The van der Waals surface area contributed by atoms with E-state index in [-0.39, 0.29) is 6.10 Å². The van der Waals surface area contributed by atoms with Crippen LogP contribution in [-0.4, -0.2) is 29.4 Å². The minimum absolute atomic E-state index is 0.354. The number of hydrogen-bond donors (Lipinski definition) is 1. The summed E-state index contributed by atoms with van der Waals surface area (Å²) >= 11 is 0. The minimum atomic E-state index is -0.823. The van der Waals surface area contributed by atoms with Crippen LogP contribution in [0.2, 0.25) is 0 Å². The Kier molecular flexibility index (Phi) is 2.46. The van der Waals surface area contributed by atoms with Gasteiger partial charge in [-0.3, -0.25) is 0 Å². The third kappa shape index (κ3) is 1.75. The molecule has 4 atom stereocenters. The van der Waals surface area contributed by atoms with Gasteiger partial charge in [0, 0.05) is 6.08 Å². The lowest BCUT2D eigenvalue weighted by atomic mass is 10.0. The van der Waals surface area contributed by atoms with Crippen LogP contribution in [0.25, 0.3) is 0 Å². The fraction of sp³-hybridized carbons (Fsp3) is 0.308. The van der Waals surface area contributed by atoms with Crippen molar-refractivity contribution in [3.8, 4) is 0 Å². The molecule has 0 amide bonds. The lowest BCUT2D eigenvalue weighted by Gasteiger charge is -2.20. The number of hydrogen-bond acceptors (Lipinski definition) is 4. The lowest BCUT2D eigenvalue weighted by molar-refractivity contribution is -0.150. The zero-order chi connectivity index (χ0) is 11.8. The van der Waals surface area contributed by atoms with Gasteiger partial charge >= 0.3 is 5.97 Å². The van der Waals surface area contributed by atoms with Gasteiger partial charge in [-0.2, -0.15) is 0 Å². The Morgan fingerprint density at radius 3 is 2.71 bits per heavy atom. The van der Waals surface area contributed by atoms with E-state index in [1.165, 1.54) is 6.08 Å². The number of carbonyl (C=O) groups excluding carboxylic acids is 1. The molecule has 4 nitrogen and oxygen atoms in total. The highest BCUT2D eigenvalue weighted by Crippen LogP contribution is 2.36. The van der Waals surface area contributed by atoms with Crippen molar-refractivity contribution in [3.63, 3.8) is 0 Å². The molecule has 88 valence electrons. The molecule has 0 spiro atoms. The highest BCUT2D eigenvalue weighted by molar-refractivity contribution is 5.83. The summed E-state index contributed by atoms with van der Waals surface area (Å²) in [5.74, 6) is -0.428. The van der Waals surface area contributed by atoms with Crippen molar-refractivity contribution in [1.29, 1.82) is 0 Å². The first-order valence-corrected chi connectivity index (χ1v) is 5.53. The predicted octanol–water partition coefficient (Wildman–Crippen LogP) is 0.969. The number of rotatable bonds is 1. The summed E-state index contributed by atoms with van der Waals surface area (Å²) in [7, 11) is 0. The van der Waals surface area contributed by atoms with Crippen LogP contribution in [0, 0.1) is 0 Å². The Balaban J connectivity index is 1.87. The molecule has 3 rings (SSSR count). The van der Waals surface area contributed by atoms with Gasteiger partial charge in [-0.25, -0.2) is 4.79 Å². The molecule has 0 saturated carbocycles. The second-order valence-corrected chi connectivity index (χ2v) is 4.18. The van der Waals surface area contributed by atoms with Crippen molar-refractivity contribution in [2.75, 3.05) is 0 Å². The van der Waals surface area contributed by atoms with Crippen LogP contribution >= 0.6 is 0 Å². The predicted molar refractivity (Wildman–Crippen MR) is 59.1 cm³/mol. The number of carbonyl (C=O) groups is 1. The average molecular weight is 232 g/mol. The Morgan fingerprint density at radius 1 is 1.18 bits per heavy atom. The summed E-state index contributed by atoms with van der Waals surface area (Å²) in [5.41, 5.74) is 0.888. The van der Waals surface area contributed by atoms with Crippen LogP contribution in [-0.2, 0) is 14.3 Å². The van der Waals surface area contributed by atoms with Crippen LogP contribution in [0.15, 0.2) is 42.5 Å². The first kappa shape index (κ1) is 10.5. The number of benzene rings is 1. The maximum absolute atomic E-state index is 11.1. The zero-order valence-corrected chi connectivity index (χ0v) is 9.02. The number of aliphatic hydroxyl groups excluding tert-OH is 1. The van der Waals surface area contributed by atoms with Gasteiger partial charge in [-0.05, 0) is 11.6 Å². The first-order chi connectivity index (χ1) is 8.25. The van der Waals surface area contributed by atoms with Gasteiger partial charge in [0.05, 0.1) is 0 Å². The quantitative estimate of drug-likeness (QED) is 0.733. The second kappa shape index (κ2) is 3.98. The maximum atomic E-state index is 11.1. The van der Waals surface area contributed by atoms with Crippen molar-refractivity contribution >= 4 is 5.97 Å². The van der Waals surface area contributed by atoms with Crippen LogP contribution < -0.4 is 0 Å². The summed E-state index contributed by atoms with van der Waals surface area (Å²) < 4.78 is 10.8. The Bertz CT molecular complexity index is 454. The van der Waals surface area contributed by atoms with Crippen molar-refractivity contribution in [3.05, 3.63) is 48.0 Å². The van der Waals surface area contributed by atoms with E-state index in [1.54, 1.807) is 6.08 Å². The molecule has 2 aliphatic heterocycles. The van der Waals surface area contributed by atoms with Gasteiger partial charge in [-0.15, -0.1) is 0 Å². The molecule has 0 bridgehead atoms. The number of ether oxygens (including phenoxy) is 2. The van der Waals surface area contributed by atoms with Gasteiger partial charge < -0.3 is 14.6 Å². The van der Waals surface area contributed by atoms with Gasteiger partial charge in [-0.1, -0.05) is 30.3 Å². The SMILES string of the molecule is O=C1C=C[C@@H]2O[C@H](c3ccccc3)[C@H](O)[C@@H]2O1.